The Bertz CT molecular complexity index is 386. The fourth-order valence-electron chi connectivity index (χ4n) is 2.70. The molecule has 1 heterocycles. The van der Waals surface area contributed by atoms with Crippen LogP contribution in [0.3, 0.4) is 0 Å². The summed E-state index contributed by atoms with van der Waals surface area (Å²) in [6.45, 7) is 3.61. The Hall–Kier alpha value is -0.940. The van der Waals surface area contributed by atoms with E-state index >= 15 is 0 Å². The zero-order valence-corrected chi connectivity index (χ0v) is 12.0. The molecule has 5 heteroatoms. The van der Waals surface area contributed by atoms with Crippen LogP contribution in [0.25, 0.3) is 0 Å². The van der Waals surface area contributed by atoms with E-state index in [-0.39, 0.29) is 12.0 Å². The molecule has 19 heavy (non-hydrogen) atoms. The number of hydrogen-bond donors (Lipinski definition) is 1. The summed E-state index contributed by atoms with van der Waals surface area (Å²) in [6, 6.07) is 0. The molecule has 1 aromatic heterocycles. The summed E-state index contributed by atoms with van der Waals surface area (Å²) >= 11 is 0. The molecule has 1 N–H and O–H groups in total. The highest BCUT2D eigenvalue weighted by atomic mass is 16.5. The first-order chi connectivity index (χ1) is 9.13. The second-order valence-electron chi connectivity index (χ2n) is 5.57. The maximum absolute atomic E-state index is 9.57. The molecule has 0 aliphatic heterocycles. The van der Waals surface area contributed by atoms with Crippen molar-refractivity contribution in [1.29, 1.82) is 0 Å². The van der Waals surface area contributed by atoms with Gasteiger partial charge in [0.25, 0.3) is 0 Å². The van der Waals surface area contributed by atoms with Gasteiger partial charge in [0.1, 0.15) is 6.10 Å². The largest absolute Gasteiger partial charge is 0.393 e. The number of aromatic nitrogens is 2. The van der Waals surface area contributed by atoms with Crippen molar-refractivity contribution in [3.63, 3.8) is 0 Å². The Morgan fingerprint density at radius 1 is 1.26 bits per heavy atom. The summed E-state index contributed by atoms with van der Waals surface area (Å²) in [4.78, 5) is 4.42. The second-order valence-corrected chi connectivity index (χ2v) is 5.57. The Balaban J connectivity index is 2.10. The van der Waals surface area contributed by atoms with Crippen LogP contribution >= 0.6 is 0 Å². The van der Waals surface area contributed by atoms with E-state index < -0.39 is 6.10 Å². The normalized spacial score (nSPS) is 22.1. The molecule has 0 bridgehead atoms. The zero-order valence-electron chi connectivity index (χ0n) is 12.0. The Labute approximate surface area is 114 Å². The molecule has 108 valence electrons. The van der Waals surface area contributed by atoms with Crippen molar-refractivity contribution in [2.24, 2.45) is 5.92 Å². The number of ether oxygens (including phenoxy) is 1. The number of rotatable bonds is 5. The molecule has 3 atom stereocenters. The van der Waals surface area contributed by atoms with Crippen molar-refractivity contribution >= 4 is 0 Å². The zero-order chi connectivity index (χ0) is 13.8. The Kier molecular flexibility index (Phi) is 4.93. The van der Waals surface area contributed by atoms with E-state index in [1.807, 2.05) is 6.92 Å². The molecule has 0 radical (unpaired) electrons. The van der Waals surface area contributed by atoms with Crippen molar-refractivity contribution in [2.75, 3.05) is 7.11 Å². The van der Waals surface area contributed by atoms with Gasteiger partial charge in [0.05, 0.1) is 12.0 Å². The monoisotopic (exact) mass is 268 g/mol. The summed E-state index contributed by atoms with van der Waals surface area (Å²) < 4.78 is 10.8. The minimum absolute atomic E-state index is 0.0843. The van der Waals surface area contributed by atoms with Crippen molar-refractivity contribution in [1.82, 2.24) is 10.1 Å². The number of aliphatic hydroxyl groups is 1. The molecule has 5 nitrogen and oxygen atoms in total. The van der Waals surface area contributed by atoms with E-state index in [4.69, 9.17) is 9.26 Å². The number of aliphatic hydroxyl groups excluding tert-OH is 1. The minimum Gasteiger partial charge on any atom is -0.393 e. The van der Waals surface area contributed by atoms with Crippen LogP contribution in [0.2, 0.25) is 0 Å². The van der Waals surface area contributed by atoms with Crippen molar-refractivity contribution < 1.29 is 14.4 Å². The van der Waals surface area contributed by atoms with E-state index in [1.54, 1.807) is 14.0 Å². The Morgan fingerprint density at radius 3 is 2.53 bits per heavy atom. The van der Waals surface area contributed by atoms with Gasteiger partial charge in [-0.1, -0.05) is 31.3 Å². The molecule has 1 fully saturated rings. The first-order valence-electron chi connectivity index (χ1n) is 7.17. The summed E-state index contributed by atoms with van der Waals surface area (Å²) in [5.74, 6) is 1.44. The topological polar surface area (TPSA) is 68.4 Å². The molecule has 0 spiro atoms. The van der Waals surface area contributed by atoms with Gasteiger partial charge >= 0.3 is 0 Å². The standard InChI is InChI=1S/C14H24N2O3/c1-9(10(2)17)14-15-13(16-19-14)12(18-3)11-7-5-4-6-8-11/h9-12,17H,4-8H2,1-3H3. The highest BCUT2D eigenvalue weighted by Crippen LogP contribution is 2.35. The van der Waals surface area contributed by atoms with Gasteiger partial charge in [-0.05, 0) is 25.7 Å². The van der Waals surface area contributed by atoms with Crippen LogP contribution in [0.5, 0.6) is 0 Å². The fourth-order valence-corrected chi connectivity index (χ4v) is 2.70. The lowest BCUT2D eigenvalue weighted by molar-refractivity contribution is 0.0273. The lowest BCUT2D eigenvalue weighted by Crippen LogP contribution is -2.19. The van der Waals surface area contributed by atoms with Crippen LogP contribution in [0, 0.1) is 5.92 Å². The lowest BCUT2D eigenvalue weighted by atomic mass is 9.85. The van der Waals surface area contributed by atoms with Gasteiger partial charge in [0.2, 0.25) is 11.7 Å². The van der Waals surface area contributed by atoms with Gasteiger partial charge in [-0.3, -0.25) is 0 Å². The maximum Gasteiger partial charge on any atom is 0.232 e. The first kappa shape index (κ1) is 14.5. The van der Waals surface area contributed by atoms with E-state index in [1.165, 1.54) is 19.3 Å². The van der Waals surface area contributed by atoms with Crippen LogP contribution in [0.15, 0.2) is 4.52 Å². The molecule has 0 saturated heterocycles. The maximum atomic E-state index is 9.57. The molecule has 1 saturated carbocycles. The first-order valence-corrected chi connectivity index (χ1v) is 7.17. The summed E-state index contributed by atoms with van der Waals surface area (Å²) in [6.07, 6.45) is 5.55. The lowest BCUT2D eigenvalue weighted by Gasteiger charge is -2.26. The van der Waals surface area contributed by atoms with E-state index in [0.29, 0.717) is 17.6 Å². The summed E-state index contributed by atoms with van der Waals surface area (Å²) in [7, 11) is 1.70. The van der Waals surface area contributed by atoms with Crippen LogP contribution < -0.4 is 0 Å². The third-order valence-electron chi connectivity index (χ3n) is 4.16. The minimum atomic E-state index is -0.496. The van der Waals surface area contributed by atoms with E-state index in [9.17, 15) is 5.11 Å². The fraction of sp³-hybridized carbons (Fsp3) is 0.857. The predicted molar refractivity (Wildman–Crippen MR) is 70.7 cm³/mol. The number of hydrogen-bond acceptors (Lipinski definition) is 5. The summed E-state index contributed by atoms with van der Waals surface area (Å²) in [5, 5.41) is 13.6. The highest BCUT2D eigenvalue weighted by Gasteiger charge is 2.30. The summed E-state index contributed by atoms with van der Waals surface area (Å²) in [5.41, 5.74) is 0. The van der Waals surface area contributed by atoms with Crippen molar-refractivity contribution in [3.05, 3.63) is 11.7 Å². The van der Waals surface area contributed by atoms with Gasteiger partial charge in [-0.25, -0.2) is 0 Å². The molecule has 3 unspecified atom stereocenters. The third-order valence-corrected chi connectivity index (χ3v) is 4.16. The molecular formula is C14H24N2O3. The van der Waals surface area contributed by atoms with E-state index in [2.05, 4.69) is 10.1 Å². The predicted octanol–water partition coefficient (Wildman–Crippen LogP) is 2.82. The second kappa shape index (κ2) is 6.48. The molecule has 0 aromatic carbocycles. The van der Waals surface area contributed by atoms with Gasteiger partial charge < -0.3 is 14.4 Å². The quantitative estimate of drug-likeness (QED) is 0.889. The number of nitrogens with zero attached hydrogens (tertiary/aromatic N) is 2. The van der Waals surface area contributed by atoms with Crippen LogP contribution in [-0.4, -0.2) is 28.5 Å². The van der Waals surface area contributed by atoms with Gasteiger partial charge in [0, 0.05) is 7.11 Å². The van der Waals surface area contributed by atoms with E-state index in [0.717, 1.165) is 12.8 Å². The van der Waals surface area contributed by atoms with Crippen LogP contribution in [0.1, 0.15) is 69.7 Å². The number of methoxy groups -OCH3 is 1. The van der Waals surface area contributed by atoms with Gasteiger partial charge in [-0.2, -0.15) is 4.98 Å². The third kappa shape index (κ3) is 3.34. The average Bonchev–Trinajstić information content (AvgIpc) is 2.89. The van der Waals surface area contributed by atoms with Crippen molar-refractivity contribution in [2.45, 2.75) is 64.1 Å². The molecule has 1 aromatic rings. The van der Waals surface area contributed by atoms with Gasteiger partial charge in [0.15, 0.2) is 0 Å². The van der Waals surface area contributed by atoms with Crippen LogP contribution in [-0.2, 0) is 4.74 Å². The molecule has 1 aliphatic carbocycles. The van der Waals surface area contributed by atoms with Gasteiger partial charge in [-0.15, -0.1) is 0 Å². The highest BCUT2D eigenvalue weighted by molar-refractivity contribution is 4.99. The Morgan fingerprint density at radius 2 is 1.95 bits per heavy atom. The molecular weight excluding hydrogens is 244 g/mol. The van der Waals surface area contributed by atoms with Crippen LogP contribution in [0.4, 0.5) is 0 Å². The molecule has 0 amide bonds. The smallest absolute Gasteiger partial charge is 0.232 e. The molecule has 1 aliphatic rings. The molecule has 2 rings (SSSR count). The average molecular weight is 268 g/mol. The van der Waals surface area contributed by atoms with Crippen molar-refractivity contribution in [3.8, 4) is 0 Å². The SMILES string of the molecule is COC(c1noc(C(C)C(C)O)n1)C1CCCCC1.